The second-order valence-electron chi connectivity index (χ2n) is 8.56. The van der Waals surface area contributed by atoms with Gasteiger partial charge in [-0.25, -0.2) is 0 Å². The molecule has 0 bridgehead atoms. The summed E-state index contributed by atoms with van der Waals surface area (Å²) >= 11 is 0. The van der Waals surface area contributed by atoms with Crippen LogP contribution in [0.2, 0.25) is 0 Å². The number of aliphatic carboxylic acids is 1. The minimum Gasteiger partial charge on any atom is -0.485 e. The number of ether oxygens (including phenoxy) is 1. The second-order valence-corrected chi connectivity index (χ2v) is 8.56. The van der Waals surface area contributed by atoms with E-state index in [1.54, 1.807) is 0 Å². The highest BCUT2D eigenvalue weighted by Crippen LogP contribution is 2.37. The smallest absolute Gasteiger partial charge is 0.303 e. The Morgan fingerprint density at radius 3 is 2.84 bits per heavy atom. The molecule has 32 heavy (non-hydrogen) atoms. The Labute approximate surface area is 187 Å². The quantitative estimate of drug-likeness (QED) is 0.390. The van der Waals surface area contributed by atoms with Gasteiger partial charge in [0.15, 0.2) is 0 Å². The van der Waals surface area contributed by atoms with Gasteiger partial charge in [0.25, 0.3) is 0 Å². The van der Waals surface area contributed by atoms with Crippen molar-refractivity contribution >= 4 is 16.9 Å². The summed E-state index contributed by atoms with van der Waals surface area (Å²) in [6, 6.07) is 22.8. The Hall–Kier alpha value is -3.60. The number of nitrogens with zero attached hydrogens (tertiary/aromatic N) is 1. The monoisotopic (exact) mass is 426 g/mol. The molecule has 3 aromatic carbocycles. The first-order valence-electron chi connectivity index (χ1n) is 11.1. The highest BCUT2D eigenvalue weighted by Gasteiger charge is 2.24. The first-order valence-corrected chi connectivity index (χ1v) is 11.1. The third-order valence-electron chi connectivity index (χ3n) is 6.35. The van der Waals surface area contributed by atoms with Crippen LogP contribution in [0.15, 0.2) is 72.9 Å². The van der Waals surface area contributed by atoms with Gasteiger partial charge in [-0.15, -0.1) is 0 Å². The van der Waals surface area contributed by atoms with E-state index in [2.05, 4.69) is 52.7 Å². The van der Waals surface area contributed by atoms with Crippen molar-refractivity contribution in [1.29, 1.82) is 0 Å². The molecule has 5 nitrogen and oxygen atoms in total. The van der Waals surface area contributed by atoms with Gasteiger partial charge in [0, 0.05) is 11.8 Å². The van der Waals surface area contributed by atoms with Gasteiger partial charge in [-0.3, -0.25) is 9.89 Å². The summed E-state index contributed by atoms with van der Waals surface area (Å²) in [5.74, 6) is 0.180. The maximum absolute atomic E-state index is 11.3. The molecule has 4 aromatic rings. The fourth-order valence-electron chi connectivity index (χ4n) is 4.76. The fraction of sp³-hybridized carbons (Fsp3) is 0.259. The van der Waals surface area contributed by atoms with Gasteiger partial charge in [-0.2, -0.15) is 5.10 Å². The number of aromatic nitrogens is 2. The van der Waals surface area contributed by atoms with Crippen LogP contribution in [0, 0.1) is 0 Å². The molecule has 0 aliphatic heterocycles. The molecule has 0 amide bonds. The lowest BCUT2D eigenvalue weighted by Crippen LogP contribution is -2.15. The first kappa shape index (κ1) is 20.3. The normalized spacial score (nSPS) is 16.4. The molecule has 0 radical (unpaired) electrons. The van der Waals surface area contributed by atoms with Gasteiger partial charge in [0.1, 0.15) is 11.9 Å². The van der Waals surface area contributed by atoms with Crippen LogP contribution >= 0.6 is 0 Å². The number of nitrogens with one attached hydrogen (secondary N) is 1. The molecule has 0 saturated carbocycles. The molecule has 5 rings (SSSR count). The average Bonchev–Trinajstić information content (AvgIpc) is 3.27. The van der Waals surface area contributed by atoms with Crippen LogP contribution in [-0.2, 0) is 17.6 Å². The van der Waals surface area contributed by atoms with Crippen LogP contribution < -0.4 is 4.74 Å². The van der Waals surface area contributed by atoms with Crippen molar-refractivity contribution in [2.45, 2.75) is 44.1 Å². The van der Waals surface area contributed by atoms with Crippen molar-refractivity contribution in [3.8, 4) is 5.75 Å². The molecular formula is C27H26N2O3. The van der Waals surface area contributed by atoms with E-state index in [1.165, 1.54) is 11.1 Å². The Morgan fingerprint density at radius 1 is 1.12 bits per heavy atom. The number of aryl methyl sites for hydroxylation is 1. The number of aromatic amines is 1. The standard InChI is InChI=1S/C27H26N2O3/c30-27(31)16-20-8-4-7-19-14-23(11-12-24(19)20)32-26(13-18-5-2-1-3-6-18)21-9-10-22-17-28-29-25(22)15-21/h1-3,5-6,9-12,14-15,17,20,26H,4,7-8,13,16H2,(H,28,29)(H,30,31). The third kappa shape index (κ3) is 4.37. The first-order chi connectivity index (χ1) is 15.7. The molecule has 0 spiro atoms. The Balaban J connectivity index is 1.45. The van der Waals surface area contributed by atoms with Crippen LogP contribution in [0.25, 0.3) is 10.9 Å². The summed E-state index contributed by atoms with van der Waals surface area (Å²) < 4.78 is 6.56. The molecule has 1 aliphatic rings. The lowest BCUT2D eigenvalue weighted by Gasteiger charge is -2.26. The van der Waals surface area contributed by atoms with E-state index in [0.717, 1.165) is 53.5 Å². The maximum Gasteiger partial charge on any atom is 0.303 e. The van der Waals surface area contributed by atoms with E-state index in [4.69, 9.17) is 4.74 Å². The SMILES string of the molecule is O=C(O)CC1CCCc2cc(OC(Cc3ccccc3)c3ccc4cn[nH]c4c3)ccc21. The minimum absolute atomic E-state index is 0.0909. The van der Waals surface area contributed by atoms with Crippen LogP contribution in [0.1, 0.15) is 53.5 Å². The number of carbonyl (C=O) groups is 1. The number of carboxylic acid groups (broad SMARTS) is 1. The summed E-state index contributed by atoms with van der Waals surface area (Å²) in [5, 5.41) is 17.5. The number of fused-ring (bicyclic) bond motifs is 2. The summed E-state index contributed by atoms with van der Waals surface area (Å²) in [7, 11) is 0. The molecule has 2 atom stereocenters. The predicted octanol–water partition coefficient (Wildman–Crippen LogP) is 5.82. The average molecular weight is 427 g/mol. The van der Waals surface area contributed by atoms with Crippen LogP contribution in [0.4, 0.5) is 0 Å². The molecule has 2 N–H and O–H groups in total. The van der Waals surface area contributed by atoms with Crippen LogP contribution in [-0.4, -0.2) is 21.3 Å². The zero-order valence-electron chi connectivity index (χ0n) is 17.8. The van der Waals surface area contributed by atoms with Crippen molar-refractivity contribution in [3.63, 3.8) is 0 Å². The van der Waals surface area contributed by atoms with E-state index in [0.29, 0.717) is 0 Å². The number of hydrogen-bond donors (Lipinski definition) is 2. The number of H-pyrrole nitrogens is 1. The Bertz CT molecular complexity index is 1230. The predicted molar refractivity (Wildman–Crippen MR) is 124 cm³/mol. The summed E-state index contributed by atoms with van der Waals surface area (Å²) in [6.45, 7) is 0. The highest BCUT2D eigenvalue weighted by molar-refractivity contribution is 5.78. The summed E-state index contributed by atoms with van der Waals surface area (Å²) in [6.07, 6.45) is 5.52. The second kappa shape index (κ2) is 8.87. The molecule has 5 heteroatoms. The van der Waals surface area contributed by atoms with E-state index < -0.39 is 5.97 Å². The number of carboxylic acids is 1. The van der Waals surface area contributed by atoms with Gasteiger partial charge < -0.3 is 9.84 Å². The molecule has 0 fully saturated rings. The topological polar surface area (TPSA) is 75.2 Å². The largest absolute Gasteiger partial charge is 0.485 e. The lowest BCUT2D eigenvalue weighted by molar-refractivity contribution is -0.137. The summed E-state index contributed by atoms with van der Waals surface area (Å²) in [4.78, 5) is 11.3. The number of rotatable bonds is 7. The number of hydrogen-bond acceptors (Lipinski definition) is 3. The molecule has 1 aliphatic carbocycles. The highest BCUT2D eigenvalue weighted by atomic mass is 16.5. The molecule has 162 valence electrons. The van der Waals surface area contributed by atoms with E-state index in [-0.39, 0.29) is 18.4 Å². The van der Waals surface area contributed by atoms with Crippen molar-refractivity contribution < 1.29 is 14.6 Å². The fourth-order valence-corrected chi connectivity index (χ4v) is 4.76. The molecule has 1 heterocycles. The van der Waals surface area contributed by atoms with Gasteiger partial charge in [0.05, 0.1) is 18.1 Å². The van der Waals surface area contributed by atoms with Crippen molar-refractivity contribution in [2.75, 3.05) is 0 Å². The zero-order chi connectivity index (χ0) is 21.9. The van der Waals surface area contributed by atoms with E-state index >= 15 is 0 Å². The van der Waals surface area contributed by atoms with Gasteiger partial charge in [0.2, 0.25) is 0 Å². The van der Waals surface area contributed by atoms with Crippen molar-refractivity contribution in [2.24, 2.45) is 0 Å². The molecule has 1 aromatic heterocycles. The number of benzene rings is 3. The van der Waals surface area contributed by atoms with Crippen molar-refractivity contribution in [1.82, 2.24) is 10.2 Å². The van der Waals surface area contributed by atoms with Gasteiger partial charge >= 0.3 is 5.97 Å². The molecule has 0 saturated heterocycles. The zero-order valence-corrected chi connectivity index (χ0v) is 17.8. The minimum atomic E-state index is -0.736. The Kier molecular flexibility index (Phi) is 5.63. The van der Waals surface area contributed by atoms with E-state index in [1.807, 2.05) is 30.5 Å². The maximum atomic E-state index is 11.3. The van der Waals surface area contributed by atoms with Crippen LogP contribution in [0.5, 0.6) is 5.75 Å². The third-order valence-corrected chi connectivity index (χ3v) is 6.35. The summed E-state index contributed by atoms with van der Waals surface area (Å²) in [5.41, 5.74) is 5.66. The van der Waals surface area contributed by atoms with Gasteiger partial charge in [-0.05, 0) is 65.6 Å². The van der Waals surface area contributed by atoms with Gasteiger partial charge in [-0.1, -0.05) is 48.5 Å². The lowest BCUT2D eigenvalue weighted by atomic mass is 9.81. The molecular weight excluding hydrogens is 400 g/mol. The van der Waals surface area contributed by atoms with Crippen LogP contribution in [0.3, 0.4) is 0 Å². The Morgan fingerprint density at radius 2 is 2.00 bits per heavy atom. The van der Waals surface area contributed by atoms with E-state index in [9.17, 15) is 9.90 Å². The molecule has 2 unspecified atom stereocenters. The van der Waals surface area contributed by atoms with Crippen molar-refractivity contribution in [3.05, 3.63) is 95.2 Å².